The minimum atomic E-state index is -0.0704. The molecule has 0 aliphatic carbocycles. The van der Waals surface area contributed by atoms with Crippen molar-refractivity contribution in [3.05, 3.63) is 65.2 Å². The summed E-state index contributed by atoms with van der Waals surface area (Å²) in [5, 5.41) is 3.40. The van der Waals surface area contributed by atoms with Crippen LogP contribution in [0.25, 0.3) is 0 Å². The van der Waals surface area contributed by atoms with E-state index < -0.39 is 0 Å². The van der Waals surface area contributed by atoms with Crippen LogP contribution in [0.15, 0.2) is 54.6 Å². The third-order valence-corrected chi connectivity index (χ3v) is 4.51. The van der Waals surface area contributed by atoms with Gasteiger partial charge in [0.15, 0.2) is 0 Å². The molecule has 1 amide bonds. The fourth-order valence-electron chi connectivity index (χ4n) is 3.05. The average molecular weight is 330 g/mol. The lowest BCUT2D eigenvalue weighted by Gasteiger charge is -2.16. The Morgan fingerprint density at radius 1 is 1.13 bits per heavy atom. The van der Waals surface area contributed by atoms with Crippen molar-refractivity contribution < 1.29 is 4.79 Å². The molecule has 2 aromatic rings. The predicted molar refractivity (Wildman–Crippen MR) is 93.7 cm³/mol. The van der Waals surface area contributed by atoms with E-state index in [-0.39, 0.29) is 17.9 Å². The number of hydrogen-bond donors (Lipinski definition) is 2. The third-order valence-electron chi connectivity index (χ3n) is 4.18. The first kappa shape index (κ1) is 16.0. The summed E-state index contributed by atoms with van der Waals surface area (Å²) < 4.78 is 0. The number of anilines is 1. The van der Waals surface area contributed by atoms with Gasteiger partial charge in [-0.1, -0.05) is 54.1 Å². The van der Waals surface area contributed by atoms with E-state index in [1.807, 2.05) is 30.3 Å². The normalized spacial score (nSPS) is 21.3. The van der Waals surface area contributed by atoms with Gasteiger partial charge >= 0.3 is 0 Å². The number of rotatable bonds is 4. The highest BCUT2D eigenvalue weighted by Crippen LogP contribution is 2.26. The van der Waals surface area contributed by atoms with E-state index in [1.165, 1.54) is 5.56 Å². The van der Waals surface area contributed by atoms with Crippen molar-refractivity contribution in [3.8, 4) is 0 Å². The van der Waals surface area contributed by atoms with Crippen LogP contribution in [0.5, 0.6) is 0 Å². The van der Waals surface area contributed by atoms with Gasteiger partial charge in [0.1, 0.15) is 0 Å². The molecule has 1 fully saturated rings. The summed E-state index contributed by atoms with van der Waals surface area (Å²) in [6.45, 7) is 1.83. The second-order valence-electron chi connectivity index (χ2n) is 5.90. The fraction of sp³-hybridized carbons (Fsp3) is 0.278. The quantitative estimate of drug-likeness (QED) is 0.906. The summed E-state index contributed by atoms with van der Waals surface area (Å²) in [6.07, 6.45) is 0. The summed E-state index contributed by atoms with van der Waals surface area (Å²) in [6, 6.07) is 17.5. The lowest BCUT2D eigenvalue weighted by atomic mass is 9.95. The molecule has 2 aromatic carbocycles. The first-order chi connectivity index (χ1) is 11.1. The number of likely N-dealkylation sites (tertiary alicyclic amines) is 1. The molecule has 5 heteroatoms. The van der Waals surface area contributed by atoms with Crippen molar-refractivity contribution in [1.82, 2.24) is 4.90 Å². The van der Waals surface area contributed by atoms with Crippen LogP contribution in [0.2, 0.25) is 5.02 Å². The van der Waals surface area contributed by atoms with Crippen LogP contribution in [0, 0.1) is 0 Å². The number of nitrogens with two attached hydrogens (primary N) is 1. The maximum absolute atomic E-state index is 12.2. The first-order valence-corrected chi connectivity index (χ1v) is 8.08. The minimum Gasteiger partial charge on any atom is -0.326 e. The number of carbonyl (C=O) groups is 1. The Labute approximate surface area is 141 Å². The number of para-hydroxylation sites is 1. The average Bonchev–Trinajstić information content (AvgIpc) is 2.91. The van der Waals surface area contributed by atoms with Crippen LogP contribution < -0.4 is 11.1 Å². The van der Waals surface area contributed by atoms with Crippen molar-refractivity contribution in [2.45, 2.75) is 12.0 Å². The molecule has 1 aliphatic heterocycles. The number of hydrogen-bond acceptors (Lipinski definition) is 3. The molecule has 3 rings (SSSR count). The molecule has 0 radical (unpaired) electrons. The fourth-order valence-corrected chi connectivity index (χ4v) is 3.23. The van der Waals surface area contributed by atoms with Gasteiger partial charge in [-0.15, -0.1) is 0 Å². The standard InChI is InChI=1S/C18H20ClN3O/c19-15-8-4-5-9-17(15)21-18(23)12-22-10-14(16(20)11-22)13-6-2-1-3-7-13/h1-9,14,16H,10-12,20H2,(H,21,23)/t14-,16+/m0/s1. The van der Waals surface area contributed by atoms with E-state index >= 15 is 0 Å². The van der Waals surface area contributed by atoms with Gasteiger partial charge in [-0.05, 0) is 17.7 Å². The van der Waals surface area contributed by atoms with E-state index in [2.05, 4.69) is 22.3 Å². The molecule has 1 aliphatic rings. The van der Waals surface area contributed by atoms with E-state index in [9.17, 15) is 4.79 Å². The van der Waals surface area contributed by atoms with Crippen LogP contribution in [-0.2, 0) is 4.79 Å². The zero-order chi connectivity index (χ0) is 16.2. The lowest BCUT2D eigenvalue weighted by molar-refractivity contribution is -0.117. The Morgan fingerprint density at radius 3 is 2.57 bits per heavy atom. The van der Waals surface area contributed by atoms with E-state index in [1.54, 1.807) is 12.1 Å². The highest BCUT2D eigenvalue weighted by Gasteiger charge is 2.31. The van der Waals surface area contributed by atoms with Crippen molar-refractivity contribution in [2.24, 2.45) is 5.73 Å². The molecule has 3 N–H and O–H groups in total. The van der Waals surface area contributed by atoms with Crippen LogP contribution in [0.1, 0.15) is 11.5 Å². The van der Waals surface area contributed by atoms with Crippen LogP contribution in [0.4, 0.5) is 5.69 Å². The monoisotopic (exact) mass is 329 g/mol. The summed E-state index contributed by atoms with van der Waals surface area (Å²) in [5.41, 5.74) is 8.13. The van der Waals surface area contributed by atoms with Gasteiger partial charge in [0.25, 0.3) is 0 Å². The Kier molecular flexibility index (Phi) is 4.96. The predicted octanol–water partition coefficient (Wildman–Crippen LogP) is 2.71. The van der Waals surface area contributed by atoms with Crippen LogP contribution in [-0.4, -0.2) is 36.5 Å². The smallest absolute Gasteiger partial charge is 0.238 e. The van der Waals surface area contributed by atoms with Crippen molar-refractivity contribution >= 4 is 23.2 Å². The second-order valence-corrected chi connectivity index (χ2v) is 6.31. The molecule has 120 valence electrons. The molecule has 0 aromatic heterocycles. The lowest BCUT2D eigenvalue weighted by Crippen LogP contribution is -2.33. The van der Waals surface area contributed by atoms with Gasteiger partial charge in [0.05, 0.1) is 17.3 Å². The SMILES string of the molecule is N[C@@H]1CN(CC(=O)Nc2ccccc2Cl)C[C@H]1c1ccccc1. The number of carbonyl (C=O) groups excluding carboxylic acids is 1. The summed E-state index contributed by atoms with van der Waals surface area (Å²) in [5.74, 6) is 0.198. The summed E-state index contributed by atoms with van der Waals surface area (Å²) in [7, 11) is 0. The first-order valence-electron chi connectivity index (χ1n) is 7.71. The zero-order valence-electron chi connectivity index (χ0n) is 12.8. The third kappa shape index (κ3) is 3.91. The van der Waals surface area contributed by atoms with E-state index in [0.29, 0.717) is 17.3 Å². The molecule has 23 heavy (non-hydrogen) atoms. The molecule has 1 heterocycles. The number of nitrogens with zero attached hydrogens (tertiary/aromatic N) is 1. The maximum atomic E-state index is 12.2. The molecule has 0 saturated carbocycles. The molecule has 2 atom stereocenters. The van der Waals surface area contributed by atoms with Gasteiger partial charge in [0, 0.05) is 25.0 Å². The van der Waals surface area contributed by atoms with Crippen LogP contribution >= 0.6 is 11.6 Å². The van der Waals surface area contributed by atoms with E-state index in [4.69, 9.17) is 17.3 Å². The van der Waals surface area contributed by atoms with Crippen LogP contribution in [0.3, 0.4) is 0 Å². The Hall–Kier alpha value is -1.88. The molecule has 0 spiro atoms. The largest absolute Gasteiger partial charge is 0.326 e. The number of benzene rings is 2. The number of halogens is 1. The van der Waals surface area contributed by atoms with Crippen molar-refractivity contribution in [1.29, 1.82) is 0 Å². The summed E-state index contributed by atoms with van der Waals surface area (Å²) >= 11 is 6.06. The van der Waals surface area contributed by atoms with E-state index in [0.717, 1.165) is 13.1 Å². The number of amides is 1. The zero-order valence-corrected chi connectivity index (χ0v) is 13.5. The molecular weight excluding hydrogens is 310 g/mol. The van der Waals surface area contributed by atoms with Crippen molar-refractivity contribution in [3.63, 3.8) is 0 Å². The van der Waals surface area contributed by atoms with Gasteiger partial charge in [-0.3, -0.25) is 9.69 Å². The second kappa shape index (κ2) is 7.13. The topological polar surface area (TPSA) is 58.4 Å². The van der Waals surface area contributed by atoms with Gasteiger partial charge in [-0.25, -0.2) is 0 Å². The van der Waals surface area contributed by atoms with Gasteiger partial charge in [0.2, 0.25) is 5.91 Å². The molecule has 0 bridgehead atoms. The molecule has 4 nitrogen and oxygen atoms in total. The Morgan fingerprint density at radius 2 is 1.83 bits per heavy atom. The minimum absolute atomic E-state index is 0.0468. The van der Waals surface area contributed by atoms with Gasteiger partial charge in [-0.2, -0.15) is 0 Å². The molecular formula is C18H20ClN3O. The highest BCUT2D eigenvalue weighted by atomic mass is 35.5. The summed E-state index contributed by atoms with van der Waals surface area (Å²) in [4.78, 5) is 14.3. The highest BCUT2D eigenvalue weighted by molar-refractivity contribution is 6.33. The van der Waals surface area contributed by atoms with Crippen molar-refractivity contribution in [2.75, 3.05) is 25.0 Å². The maximum Gasteiger partial charge on any atom is 0.238 e. The molecule has 0 unspecified atom stereocenters. The van der Waals surface area contributed by atoms with Gasteiger partial charge < -0.3 is 11.1 Å². The molecule has 1 saturated heterocycles. The Balaban J connectivity index is 1.59. The Bertz CT molecular complexity index is 677. The number of nitrogens with one attached hydrogen (secondary N) is 1.